The second-order valence-electron chi connectivity index (χ2n) is 7.41. The van der Waals surface area contributed by atoms with Gasteiger partial charge in [0.25, 0.3) is 0 Å². The van der Waals surface area contributed by atoms with Gasteiger partial charge in [0.1, 0.15) is 0 Å². The topological polar surface area (TPSA) is 35.0 Å². The third-order valence-corrected chi connectivity index (χ3v) is 4.96. The van der Waals surface area contributed by atoms with Crippen LogP contribution in [-0.2, 0) is 6.42 Å². The van der Waals surface area contributed by atoms with Crippen molar-refractivity contribution in [1.29, 1.82) is 0 Å². The van der Waals surface area contributed by atoms with E-state index < -0.39 is 0 Å². The average molecular weight is 403 g/mol. The largest absolute Gasteiger partial charge is 0.490 e. The lowest BCUT2D eigenvalue weighted by molar-refractivity contribution is 0.302. The van der Waals surface area contributed by atoms with E-state index in [-0.39, 0.29) is 14.1 Å². The van der Waals surface area contributed by atoms with Crippen LogP contribution in [0.4, 0.5) is 4.39 Å². The Morgan fingerprint density at radius 1 is 0.793 bits per heavy atom. The van der Waals surface area contributed by atoms with Crippen LogP contribution in [0.1, 0.15) is 84.1 Å². The van der Waals surface area contributed by atoms with Crippen LogP contribution in [0.5, 0.6) is 5.75 Å². The van der Waals surface area contributed by atoms with Gasteiger partial charge in [-0.1, -0.05) is 83.6 Å². The average Bonchev–Trinajstić information content (AvgIpc) is 2.74. The highest BCUT2D eigenvalue weighted by Crippen LogP contribution is 2.18. The Bertz CT molecular complexity index is 628. The highest BCUT2D eigenvalue weighted by atomic mass is 19.1. The molecule has 4 heteroatoms. The van der Waals surface area contributed by atoms with Gasteiger partial charge in [-0.25, -0.2) is 9.97 Å². The highest BCUT2D eigenvalue weighted by molar-refractivity contribution is 5.55. The van der Waals surface area contributed by atoms with Gasteiger partial charge in [0.15, 0.2) is 11.6 Å². The maximum atomic E-state index is 12.2. The zero-order valence-corrected chi connectivity index (χ0v) is 17.3. The molecule has 0 aliphatic carbocycles. The summed E-state index contributed by atoms with van der Waals surface area (Å²) in [5.74, 6) is 1.43. The Balaban J connectivity index is 0.00000420. The minimum atomic E-state index is -0.237. The lowest BCUT2D eigenvalue weighted by atomic mass is 10.1. The number of benzene rings is 1. The second-order valence-corrected chi connectivity index (χ2v) is 7.41. The Morgan fingerprint density at radius 2 is 1.41 bits per heavy atom. The summed E-state index contributed by atoms with van der Waals surface area (Å²) in [5.41, 5.74) is 2.21. The molecule has 0 amide bonds. The third-order valence-electron chi connectivity index (χ3n) is 4.96. The van der Waals surface area contributed by atoms with Gasteiger partial charge in [0.05, 0.1) is 25.7 Å². The molecule has 0 fully saturated rings. The first-order valence-electron chi connectivity index (χ1n) is 10.9. The van der Waals surface area contributed by atoms with Crippen molar-refractivity contribution in [1.82, 2.24) is 9.97 Å². The van der Waals surface area contributed by atoms with Gasteiger partial charge in [-0.15, -0.1) is 0 Å². The van der Waals surface area contributed by atoms with Crippen LogP contribution in [0, 0.1) is 0 Å². The van der Waals surface area contributed by atoms with E-state index in [0.717, 1.165) is 37.2 Å². The number of hydrogen-bond acceptors (Lipinski definition) is 3. The molecule has 1 aromatic carbocycles. The zero-order valence-electron chi connectivity index (χ0n) is 17.3. The van der Waals surface area contributed by atoms with Gasteiger partial charge in [-0.3, -0.25) is 4.39 Å². The number of alkyl halides is 1. The lowest BCUT2D eigenvalue weighted by Crippen LogP contribution is -1.99. The van der Waals surface area contributed by atoms with E-state index in [1.165, 1.54) is 50.5 Å². The van der Waals surface area contributed by atoms with Crippen LogP contribution in [0.25, 0.3) is 11.4 Å². The molecule has 2 aromatic rings. The SMILES string of the molecule is C.CCCCCCCCCCOc1cnc(-c2ccc(CCCCF)cc2)nc1. The molecule has 0 bridgehead atoms. The van der Waals surface area contributed by atoms with Gasteiger partial charge < -0.3 is 4.74 Å². The normalized spacial score (nSPS) is 10.6. The molecule has 1 heterocycles. The van der Waals surface area contributed by atoms with Crippen LogP contribution in [0.15, 0.2) is 36.7 Å². The quantitative estimate of drug-likeness (QED) is 0.288. The van der Waals surface area contributed by atoms with Crippen LogP contribution < -0.4 is 4.74 Å². The molecule has 0 saturated carbocycles. The molecule has 0 spiro atoms. The van der Waals surface area contributed by atoms with Crippen LogP contribution in [0.2, 0.25) is 0 Å². The van der Waals surface area contributed by atoms with Crippen molar-refractivity contribution in [2.75, 3.05) is 13.3 Å². The molecule has 3 nitrogen and oxygen atoms in total. The van der Waals surface area contributed by atoms with Crippen molar-refractivity contribution < 1.29 is 9.13 Å². The summed E-state index contributed by atoms with van der Waals surface area (Å²) in [6.07, 6.45) is 16.3. The molecular weight excluding hydrogens is 363 g/mol. The Kier molecular flexibility index (Phi) is 13.7. The van der Waals surface area contributed by atoms with Crippen molar-refractivity contribution in [3.05, 3.63) is 42.2 Å². The van der Waals surface area contributed by atoms with Crippen molar-refractivity contribution in [3.8, 4) is 17.1 Å². The summed E-state index contributed by atoms with van der Waals surface area (Å²) < 4.78 is 17.9. The predicted molar refractivity (Wildman–Crippen MR) is 121 cm³/mol. The summed E-state index contributed by atoms with van der Waals surface area (Å²) in [6, 6.07) is 8.20. The molecule has 0 saturated heterocycles. The van der Waals surface area contributed by atoms with Gasteiger partial charge >= 0.3 is 0 Å². The van der Waals surface area contributed by atoms with E-state index in [0.29, 0.717) is 12.2 Å². The smallest absolute Gasteiger partial charge is 0.159 e. The fourth-order valence-corrected chi connectivity index (χ4v) is 3.21. The minimum Gasteiger partial charge on any atom is -0.490 e. The second kappa shape index (κ2) is 15.9. The Hall–Kier alpha value is -1.97. The Labute approximate surface area is 177 Å². The molecule has 0 N–H and O–H groups in total. The van der Waals surface area contributed by atoms with E-state index in [1.807, 2.05) is 12.1 Å². The summed E-state index contributed by atoms with van der Waals surface area (Å²) in [6.45, 7) is 2.74. The fraction of sp³-hybridized carbons (Fsp3) is 0.600. The first kappa shape index (κ1) is 25.1. The number of aryl methyl sites for hydroxylation is 1. The number of halogens is 1. The first-order valence-corrected chi connectivity index (χ1v) is 10.9. The van der Waals surface area contributed by atoms with Gasteiger partial charge in [0, 0.05) is 5.56 Å². The molecule has 162 valence electrons. The molecule has 0 unspecified atom stereocenters. The maximum absolute atomic E-state index is 12.2. The van der Waals surface area contributed by atoms with Gasteiger partial charge in [-0.2, -0.15) is 0 Å². The molecule has 29 heavy (non-hydrogen) atoms. The molecule has 2 rings (SSSR count). The van der Waals surface area contributed by atoms with E-state index in [2.05, 4.69) is 29.0 Å². The van der Waals surface area contributed by atoms with Gasteiger partial charge in [0.2, 0.25) is 0 Å². The van der Waals surface area contributed by atoms with E-state index in [1.54, 1.807) is 12.4 Å². The molecule has 0 atom stereocenters. The highest BCUT2D eigenvalue weighted by Gasteiger charge is 2.03. The van der Waals surface area contributed by atoms with E-state index in [9.17, 15) is 4.39 Å². The van der Waals surface area contributed by atoms with E-state index >= 15 is 0 Å². The van der Waals surface area contributed by atoms with Crippen molar-refractivity contribution in [3.63, 3.8) is 0 Å². The molecule has 0 radical (unpaired) electrons. The number of aromatic nitrogens is 2. The summed E-state index contributed by atoms with van der Waals surface area (Å²) in [7, 11) is 0. The monoisotopic (exact) mass is 402 g/mol. The first-order chi connectivity index (χ1) is 13.8. The fourth-order valence-electron chi connectivity index (χ4n) is 3.21. The van der Waals surface area contributed by atoms with E-state index in [4.69, 9.17) is 4.74 Å². The van der Waals surface area contributed by atoms with Crippen molar-refractivity contribution >= 4 is 0 Å². The van der Waals surface area contributed by atoms with Crippen LogP contribution >= 0.6 is 0 Å². The number of rotatable bonds is 15. The van der Waals surface area contributed by atoms with Gasteiger partial charge in [-0.05, 0) is 31.2 Å². The minimum absolute atomic E-state index is 0. The number of ether oxygens (including phenoxy) is 1. The van der Waals surface area contributed by atoms with Crippen molar-refractivity contribution in [2.45, 2.75) is 85.0 Å². The van der Waals surface area contributed by atoms with Crippen LogP contribution in [0.3, 0.4) is 0 Å². The zero-order chi connectivity index (χ0) is 19.9. The maximum Gasteiger partial charge on any atom is 0.159 e. The van der Waals surface area contributed by atoms with Crippen molar-refractivity contribution in [2.24, 2.45) is 0 Å². The summed E-state index contributed by atoms with van der Waals surface area (Å²) in [4.78, 5) is 8.85. The molecule has 1 aromatic heterocycles. The number of hydrogen-bond donors (Lipinski definition) is 0. The molecule has 0 aliphatic rings. The predicted octanol–water partition coefficient (Wildman–Crippen LogP) is 7.59. The summed E-state index contributed by atoms with van der Waals surface area (Å²) in [5, 5.41) is 0. The third kappa shape index (κ3) is 10.4. The summed E-state index contributed by atoms with van der Waals surface area (Å²) >= 11 is 0. The lowest BCUT2D eigenvalue weighted by Gasteiger charge is -2.07. The molecule has 0 aliphatic heterocycles. The standard InChI is InChI=1S/C24H35FN2O.CH4/c1-2-3-4-5-6-7-8-11-18-28-23-19-26-24(27-20-23)22-15-13-21(14-16-22)12-9-10-17-25;/h13-16,19-20H,2-12,17-18H2,1H3;1H4. The molecular formula is C25H39FN2O. The number of nitrogens with zero attached hydrogens (tertiary/aromatic N) is 2. The van der Waals surface area contributed by atoms with Crippen LogP contribution in [-0.4, -0.2) is 23.2 Å². The number of unbranched alkanes of at least 4 members (excludes halogenated alkanes) is 8. The Morgan fingerprint density at radius 3 is 2.03 bits per heavy atom.